The predicted octanol–water partition coefficient (Wildman–Crippen LogP) is 2.88. The molecular weight excluding hydrogens is 410 g/mol. The van der Waals surface area contributed by atoms with Crippen LogP contribution in [-0.2, 0) is 29.3 Å². The van der Waals surface area contributed by atoms with Crippen molar-refractivity contribution in [2.45, 2.75) is 58.1 Å². The van der Waals surface area contributed by atoms with E-state index >= 15 is 0 Å². The molecule has 0 spiro atoms. The third kappa shape index (κ3) is 3.50. The van der Waals surface area contributed by atoms with E-state index in [-0.39, 0.29) is 29.5 Å². The Morgan fingerprint density at radius 3 is 2.87 bits per heavy atom. The molecule has 2 heterocycles. The molecule has 30 heavy (non-hydrogen) atoms. The van der Waals surface area contributed by atoms with Crippen LogP contribution in [0.3, 0.4) is 0 Å². The van der Waals surface area contributed by atoms with Crippen LogP contribution in [-0.4, -0.2) is 46.7 Å². The van der Waals surface area contributed by atoms with Crippen molar-refractivity contribution in [1.29, 1.82) is 0 Å². The van der Waals surface area contributed by atoms with Gasteiger partial charge in [0.1, 0.15) is 6.61 Å². The van der Waals surface area contributed by atoms with Crippen molar-refractivity contribution in [2.75, 3.05) is 13.2 Å². The van der Waals surface area contributed by atoms with Crippen molar-refractivity contribution >= 4 is 23.4 Å². The Labute approximate surface area is 178 Å². The lowest BCUT2D eigenvalue weighted by atomic mass is 9.46. The highest BCUT2D eigenvalue weighted by Gasteiger charge is 2.60. The number of hydrogen-bond acceptors (Lipinski definition) is 6. The number of carbonyl (C=O) groups is 2. The molecule has 7 atom stereocenters. The van der Waals surface area contributed by atoms with E-state index in [9.17, 15) is 13.8 Å². The number of ether oxygens (including phenoxy) is 1. The fourth-order valence-electron chi connectivity index (χ4n) is 6.27. The Balaban J connectivity index is 1.59. The van der Waals surface area contributed by atoms with Gasteiger partial charge in [0.25, 0.3) is 0 Å². The Bertz CT molecular complexity index is 826. The van der Waals surface area contributed by atoms with Gasteiger partial charge in [-0.2, -0.15) is 4.21 Å². The van der Waals surface area contributed by atoms with Crippen molar-refractivity contribution in [3.8, 4) is 0 Å². The van der Waals surface area contributed by atoms with Crippen LogP contribution >= 0.6 is 0 Å². The van der Waals surface area contributed by atoms with E-state index in [0.717, 1.165) is 31.3 Å². The maximum atomic E-state index is 12.1. The second-order valence-corrected chi connectivity index (χ2v) is 10.2. The number of hydrogen-bond donors (Lipinski definition) is 2. The van der Waals surface area contributed by atoms with Crippen LogP contribution in [0.4, 0.5) is 4.79 Å². The summed E-state index contributed by atoms with van der Waals surface area (Å²) in [5.41, 5.74) is 1.23. The van der Waals surface area contributed by atoms with Crippen LogP contribution in [0.1, 0.15) is 46.0 Å². The van der Waals surface area contributed by atoms with Gasteiger partial charge in [-0.05, 0) is 49.4 Å². The average molecular weight is 440 g/mol. The zero-order valence-electron chi connectivity index (χ0n) is 17.3. The van der Waals surface area contributed by atoms with Gasteiger partial charge in [0.15, 0.2) is 0 Å². The third-order valence-electron chi connectivity index (χ3n) is 7.84. The first-order valence-electron chi connectivity index (χ1n) is 10.4. The Morgan fingerprint density at radius 2 is 2.13 bits per heavy atom. The minimum atomic E-state index is -1.68. The van der Waals surface area contributed by atoms with Gasteiger partial charge in [-0.15, -0.1) is 0 Å². The smallest absolute Gasteiger partial charge is 0.405 e. The summed E-state index contributed by atoms with van der Waals surface area (Å²) in [6.45, 7) is 9.21. The first-order valence-corrected chi connectivity index (χ1v) is 11.4. The molecule has 2 aliphatic heterocycles. The molecule has 4 fully saturated rings. The number of carbonyl (C=O) groups excluding carboxylic acids is 1. The van der Waals surface area contributed by atoms with Gasteiger partial charge >= 0.3 is 23.4 Å². The maximum absolute atomic E-state index is 12.1. The van der Waals surface area contributed by atoms with Crippen molar-refractivity contribution in [2.24, 2.45) is 22.7 Å². The molecule has 9 heteroatoms. The van der Waals surface area contributed by atoms with E-state index in [2.05, 4.69) is 25.7 Å². The lowest BCUT2D eigenvalue weighted by molar-refractivity contribution is -0.154. The third-order valence-corrected chi connectivity index (χ3v) is 8.54. The second-order valence-electron chi connectivity index (χ2n) is 9.40. The van der Waals surface area contributed by atoms with Gasteiger partial charge < -0.3 is 15.2 Å². The largest absolute Gasteiger partial charge is 0.465 e. The average Bonchev–Trinajstić information content (AvgIpc) is 3.01. The SMILES string of the molecule is C=C1CC[C@@H]2[C@]3(C)COS(=O)O[C@@H]3CC[C@@]2(C)[C@@H]1C/C=C1/C(=O)OC[C@H]1NC(=O)O. The van der Waals surface area contributed by atoms with E-state index in [1.54, 1.807) is 0 Å². The molecular formula is C21H29NO7S. The molecule has 0 bridgehead atoms. The first kappa shape index (κ1) is 21.5. The summed E-state index contributed by atoms with van der Waals surface area (Å²) < 4.78 is 27.9. The van der Waals surface area contributed by atoms with Crippen LogP contribution < -0.4 is 5.32 Å². The number of fused-ring (bicyclic) bond motifs is 3. The molecule has 4 rings (SSSR count). The highest BCUT2D eigenvalue weighted by Crippen LogP contribution is 2.63. The van der Waals surface area contributed by atoms with Crippen molar-refractivity contribution < 1.29 is 32.0 Å². The van der Waals surface area contributed by atoms with Crippen LogP contribution in [0.2, 0.25) is 0 Å². The molecule has 1 amide bonds. The molecule has 0 aromatic rings. The molecule has 2 saturated carbocycles. The fraction of sp³-hybridized carbons (Fsp3) is 0.714. The Kier molecular flexibility index (Phi) is 5.57. The van der Waals surface area contributed by atoms with Crippen LogP contribution in [0.15, 0.2) is 23.8 Å². The summed E-state index contributed by atoms with van der Waals surface area (Å²) in [6.07, 6.45) is 4.71. The highest BCUT2D eigenvalue weighted by molar-refractivity contribution is 7.75. The van der Waals surface area contributed by atoms with E-state index in [4.69, 9.17) is 18.2 Å². The minimum absolute atomic E-state index is 0.0219. The summed E-state index contributed by atoms with van der Waals surface area (Å²) in [4.78, 5) is 23.2. The van der Waals surface area contributed by atoms with E-state index in [1.807, 2.05) is 6.08 Å². The van der Waals surface area contributed by atoms with Crippen molar-refractivity contribution in [3.63, 3.8) is 0 Å². The molecule has 2 saturated heterocycles. The first-order chi connectivity index (χ1) is 14.1. The summed E-state index contributed by atoms with van der Waals surface area (Å²) in [6, 6.07) is -0.640. The number of amides is 1. The molecule has 0 aromatic carbocycles. The summed E-state index contributed by atoms with van der Waals surface area (Å²) in [5.74, 6) is -0.0182. The van der Waals surface area contributed by atoms with E-state index in [1.165, 1.54) is 0 Å². The molecule has 2 N–H and O–H groups in total. The van der Waals surface area contributed by atoms with Crippen molar-refractivity contribution in [1.82, 2.24) is 5.32 Å². The van der Waals surface area contributed by atoms with Crippen molar-refractivity contribution in [3.05, 3.63) is 23.8 Å². The standard InChI is InChI=1S/C21H29NO7S/c1-12-4-7-16-20(2,9-8-17-21(16,3)11-28-30(26)29-17)14(12)6-5-13-15(22-19(24)25)10-27-18(13)23/h5,14-17,22H,1,4,6-11H2,2-3H3,(H,24,25)/b13-5+/t14-,15-,16+,17-,20+,21+,30?/m1/s1. The molecule has 0 radical (unpaired) electrons. The van der Waals surface area contributed by atoms with Gasteiger partial charge in [0.2, 0.25) is 0 Å². The normalized spacial score (nSPS) is 44.9. The minimum Gasteiger partial charge on any atom is -0.465 e. The van der Waals surface area contributed by atoms with Gasteiger partial charge in [-0.1, -0.05) is 32.1 Å². The van der Waals surface area contributed by atoms with Crippen LogP contribution in [0, 0.1) is 22.7 Å². The Hall–Kier alpha value is -1.71. The van der Waals surface area contributed by atoms with Gasteiger partial charge in [0, 0.05) is 5.41 Å². The highest BCUT2D eigenvalue weighted by atomic mass is 32.2. The second kappa shape index (κ2) is 7.76. The lowest BCUT2D eigenvalue weighted by Crippen LogP contribution is -2.60. The van der Waals surface area contributed by atoms with Gasteiger partial charge in [-0.3, -0.25) is 8.37 Å². The molecule has 166 valence electrons. The van der Waals surface area contributed by atoms with Gasteiger partial charge in [-0.25, -0.2) is 9.59 Å². The predicted molar refractivity (Wildman–Crippen MR) is 108 cm³/mol. The molecule has 4 aliphatic rings. The number of esters is 1. The Morgan fingerprint density at radius 1 is 1.37 bits per heavy atom. The van der Waals surface area contributed by atoms with E-state index in [0.29, 0.717) is 24.5 Å². The number of rotatable bonds is 3. The van der Waals surface area contributed by atoms with Crippen LogP contribution in [0.5, 0.6) is 0 Å². The monoisotopic (exact) mass is 439 g/mol. The molecule has 1 unspecified atom stereocenters. The fourth-order valence-corrected chi connectivity index (χ4v) is 7.18. The summed E-state index contributed by atoms with van der Waals surface area (Å²) >= 11 is -1.68. The summed E-state index contributed by atoms with van der Waals surface area (Å²) in [7, 11) is 0. The number of cyclic esters (lactones) is 1. The summed E-state index contributed by atoms with van der Waals surface area (Å²) in [5, 5.41) is 11.4. The van der Waals surface area contributed by atoms with E-state index < -0.39 is 29.5 Å². The quantitative estimate of drug-likeness (QED) is 0.395. The molecule has 0 aromatic heterocycles. The zero-order chi connectivity index (χ0) is 21.7. The number of allylic oxidation sites excluding steroid dienone is 2. The number of carboxylic acid groups (broad SMARTS) is 1. The molecule has 2 aliphatic carbocycles. The zero-order valence-corrected chi connectivity index (χ0v) is 18.2. The topological polar surface area (TPSA) is 111 Å². The van der Waals surface area contributed by atoms with Crippen LogP contribution in [0.25, 0.3) is 0 Å². The lowest BCUT2D eigenvalue weighted by Gasteiger charge is -2.61. The molecule has 8 nitrogen and oxygen atoms in total. The maximum Gasteiger partial charge on any atom is 0.405 e. The number of nitrogens with one attached hydrogen (secondary N) is 1. The van der Waals surface area contributed by atoms with Gasteiger partial charge in [0.05, 0.1) is 24.3 Å².